The fourth-order valence-electron chi connectivity index (χ4n) is 2.77. The van der Waals surface area contributed by atoms with Crippen molar-refractivity contribution in [2.45, 2.75) is 19.3 Å². The van der Waals surface area contributed by atoms with Gasteiger partial charge in [-0.2, -0.15) is 0 Å². The summed E-state index contributed by atoms with van der Waals surface area (Å²) in [5.74, 6) is 0.234. The van der Waals surface area contributed by atoms with Crippen LogP contribution in [-0.4, -0.2) is 17.4 Å². The highest BCUT2D eigenvalue weighted by molar-refractivity contribution is 5.96. The van der Waals surface area contributed by atoms with Crippen molar-refractivity contribution in [3.8, 4) is 11.5 Å². The molecule has 0 saturated carbocycles. The number of amides is 1. The number of nitrogens with one attached hydrogen (secondary N) is 2. The lowest BCUT2D eigenvalue weighted by Crippen LogP contribution is -2.27. The number of benzene rings is 2. The fraction of sp³-hybridized carbons (Fsp3) is 0.158. The predicted octanol–water partition coefficient (Wildman–Crippen LogP) is 4.10. The van der Waals surface area contributed by atoms with Gasteiger partial charge in [0.15, 0.2) is 17.3 Å². The van der Waals surface area contributed by atoms with Crippen LogP contribution in [0, 0.1) is 6.92 Å². The molecule has 0 spiro atoms. The first-order valence-corrected chi connectivity index (χ1v) is 8.35. The summed E-state index contributed by atoms with van der Waals surface area (Å²) in [6, 6.07) is 13.9. The number of nitrogens with zero attached hydrogens (tertiary/aromatic N) is 1. The van der Waals surface area contributed by atoms with Crippen molar-refractivity contribution in [2.75, 3.05) is 10.6 Å². The Hall–Kier alpha value is -3.62. The van der Waals surface area contributed by atoms with Gasteiger partial charge in [-0.15, -0.1) is 8.78 Å². The van der Waals surface area contributed by atoms with Crippen LogP contribution in [0.1, 0.15) is 17.4 Å². The number of aryl methyl sites for hydroxylation is 1. The Bertz CT molecular complexity index is 1010. The van der Waals surface area contributed by atoms with Crippen molar-refractivity contribution in [1.82, 2.24) is 5.16 Å². The van der Waals surface area contributed by atoms with Crippen LogP contribution in [0.15, 0.2) is 59.1 Å². The molecular weight excluding hydrogens is 372 g/mol. The average molecular weight is 387 g/mol. The molecule has 0 radical (unpaired) electrons. The van der Waals surface area contributed by atoms with Crippen LogP contribution in [0.4, 0.5) is 20.3 Å². The molecule has 4 rings (SSSR count). The van der Waals surface area contributed by atoms with Gasteiger partial charge in [0.1, 0.15) is 11.8 Å². The van der Waals surface area contributed by atoms with E-state index < -0.39 is 18.2 Å². The predicted molar refractivity (Wildman–Crippen MR) is 95.3 cm³/mol. The highest BCUT2D eigenvalue weighted by Crippen LogP contribution is 2.42. The van der Waals surface area contributed by atoms with Gasteiger partial charge in [-0.3, -0.25) is 4.79 Å². The number of halogens is 2. The van der Waals surface area contributed by atoms with Gasteiger partial charge in [0.25, 0.3) is 5.91 Å². The molecule has 0 saturated heterocycles. The first-order chi connectivity index (χ1) is 13.4. The molecule has 3 aromatic rings. The second kappa shape index (κ2) is 6.84. The summed E-state index contributed by atoms with van der Waals surface area (Å²) < 4.78 is 40.2. The van der Waals surface area contributed by atoms with Crippen molar-refractivity contribution in [3.63, 3.8) is 0 Å². The van der Waals surface area contributed by atoms with Gasteiger partial charge < -0.3 is 24.6 Å². The number of rotatable bonds is 5. The Balaban J connectivity index is 1.59. The lowest BCUT2D eigenvalue weighted by molar-refractivity contribution is -0.286. The zero-order chi connectivity index (χ0) is 19.7. The number of aromatic nitrogens is 1. The lowest BCUT2D eigenvalue weighted by Gasteiger charge is -2.19. The fourth-order valence-corrected chi connectivity index (χ4v) is 2.77. The second-order valence-electron chi connectivity index (χ2n) is 6.13. The quantitative estimate of drug-likeness (QED) is 0.686. The van der Waals surface area contributed by atoms with Crippen LogP contribution < -0.4 is 20.1 Å². The van der Waals surface area contributed by atoms with E-state index in [1.165, 1.54) is 18.2 Å². The van der Waals surface area contributed by atoms with Crippen molar-refractivity contribution in [2.24, 2.45) is 0 Å². The normalized spacial score (nSPS) is 15.1. The summed E-state index contributed by atoms with van der Waals surface area (Å²) in [6.07, 6.45) is -3.71. The lowest BCUT2D eigenvalue weighted by atomic mass is 10.1. The SMILES string of the molecule is Cc1cc(NC(=O)C(Nc2ccc3c(c2)OC(F)(F)O3)c2ccccc2)no1. The van der Waals surface area contributed by atoms with Crippen molar-refractivity contribution in [3.05, 3.63) is 65.9 Å². The summed E-state index contributed by atoms with van der Waals surface area (Å²) in [4.78, 5) is 12.8. The van der Waals surface area contributed by atoms with E-state index in [2.05, 4.69) is 25.3 Å². The van der Waals surface area contributed by atoms with Crippen LogP contribution >= 0.6 is 0 Å². The number of ether oxygens (including phenoxy) is 2. The van der Waals surface area contributed by atoms with Crippen molar-refractivity contribution < 1.29 is 27.6 Å². The zero-order valence-corrected chi connectivity index (χ0v) is 14.6. The van der Waals surface area contributed by atoms with Gasteiger partial charge in [-0.25, -0.2) is 0 Å². The first-order valence-electron chi connectivity index (χ1n) is 8.35. The molecule has 1 atom stereocenters. The minimum absolute atomic E-state index is 0.0747. The van der Waals surface area contributed by atoms with E-state index >= 15 is 0 Å². The summed E-state index contributed by atoms with van der Waals surface area (Å²) in [5.41, 5.74) is 1.07. The molecule has 2 N–H and O–H groups in total. The molecule has 2 aromatic carbocycles. The highest BCUT2D eigenvalue weighted by Gasteiger charge is 2.43. The summed E-state index contributed by atoms with van der Waals surface area (Å²) in [5, 5.41) is 9.44. The zero-order valence-electron chi connectivity index (χ0n) is 14.6. The second-order valence-corrected chi connectivity index (χ2v) is 6.13. The number of alkyl halides is 2. The molecule has 144 valence electrons. The standard InChI is InChI=1S/C19H15F2N3O4/c1-11-9-16(24-28-11)23-18(25)17(12-5-3-2-4-6-12)22-13-7-8-14-15(10-13)27-19(20,21)26-14/h2-10,17,22H,1H3,(H,23,24,25). The molecule has 1 amide bonds. The van der Waals surface area contributed by atoms with Crippen LogP contribution in [-0.2, 0) is 4.79 Å². The molecule has 1 unspecified atom stereocenters. The van der Waals surface area contributed by atoms with E-state index in [9.17, 15) is 13.6 Å². The van der Waals surface area contributed by atoms with E-state index in [1.807, 2.05) is 6.07 Å². The van der Waals surface area contributed by atoms with Gasteiger partial charge in [0.05, 0.1) is 0 Å². The largest absolute Gasteiger partial charge is 0.586 e. The molecule has 1 aliphatic rings. The maximum atomic E-state index is 13.2. The van der Waals surface area contributed by atoms with Crippen LogP contribution in [0.5, 0.6) is 11.5 Å². The van der Waals surface area contributed by atoms with Crippen molar-refractivity contribution in [1.29, 1.82) is 0 Å². The highest BCUT2D eigenvalue weighted by atomic mass is 19.3. The van der Waals surface area contributed by atoms with Gasteiger partial charge in [0, 0.05) is 17.8 Å². The summed E-state index contributed by atoms with van der Waals surface area (Å²) in [7, 11) is 0. The minimum atomic E-state index is -3.71. The average Bonchev–Trinajstić information content (AvgIpc) is 3.20. The number of hydrogen-bond donors (Lipinski definition) is 2. The van der Waals surface area contributed by atoms with E-state index in [1.54, 1.807) is 37.3 Å². The van der Waals surface area contributed by atoms with E-state index in [-0.39, 0.29) is 17.3 Å². The van der Waals surface area contributed by atoms with Crippen LogP contribution in [0.2, 0.25) is 0 Å². The summed E-state index contributed by atoms with van der Waals surface area (Å²) in [6.45, 7) is 1.71. The maximum absolute atomic E-state index is 13.2. The molecule has 2 heterocycles. The minimum Gasteiger partial charge on any atom is -0.395 e. The molecule has 0 bridgehead atoms. The first kappa shape index (κ1) is 17.8. The Kier molecular flexibility index (Phi) is 4.34. The van der Waals surface area contributed by atoms with E-state index in [0.29, 0.717) is 17.0 Å². The molecule has 28 heavy (non-hydrogen) atoms. The van der Waals surface area contributed by atoms with Gasteiger partial charge in [-0.1, -0.05) is 35.5 Å². The number of carbonyl (C=O) groups is 1. The molecule has 0 fully saturated rings. The molecule has 1 aromatic heterocycles. The third-order valence-corrected chi connectivity index (χ3v) is 3.99. The smallest absolute Gasteiger partial charge is 0.395 e. The Morgan fingerprint density at radius 2 is 1.82 bits per heavy atom. The third kappa shape index (κ3) is 3.73. The molecule has 9 heteroatoms. The monoisotopic (exact) mass is 387 g/mol. The molecular formula is C19H15F2N3O4. The van der Waals surface area contributed by atoms with Gasteiger partial charge >= 0.3 is 6.29 Å². The summed E-state index contributed by atoms with van der Waals surface area (Å²) >= 11 is 0. The van der Waals surface area contributed by atoms with Crippen LogP contribution in [0.25, 0.3) is 0 Å². The topological polar surface area (TPSA) is 85.6 Å². The Labute approximate surface area is 158 Å². The van der Waals surface area contributed by atoms with Crippen molar-refractivity contribution >= 4 is 17.4 Å². The molecule has 1 aliphatic heterocycles. The van der Waals surface area contributed by atoms with E-state index in [0.717, 1.165) is 0 Å². The van der Waals surface area contributed by atoms with Crippen LogP contribution in [0.3, 0.4) is 0 Å². The Morgan fingerprint density at radius 1 is 1.07 bits per heavy atom. The molecule has 7 nitrogen and oxygen atoms in total. The van der Waals surface area contributed by atoms with Gasteiger partial charge in [-0.05, 0) is 24.6 Å². The number of anilines is 2. The number of fused-ring (bicyclic) bond motifs is 1. The number of carbonyl (C=O) groups excluding carboxylic acids is 1. The van der Waals surface area contributed by atoms with E-state index in [4.69, 9.17) is 4.52 Å². The number of hydrogen-bond acceptors (Lipinski definition) is 6. The Morgan fingerprint density at radius 3 is 2.54 bits per heavy atom. The van der Waals surface area contributed by atoms with Gasteiger partial charge in [0.2, 0.25) is 0 Å². The third-order valence-electron chi connectivity index (χ3n) is 3.99. The maximum Gasteiger partial charge on any atom is 0.586 e. The molecule has 0 aliphatic carbocycles.